The minimum atomic E-state index is 0.138. The van der Waals surface area contributed by atoms with Crippen molar-refractivity contribution in [3.8, 4) is 0 Å². The topological polar surface area (TPSA) is 29.5 Å². The maximum Gasteiger partial charge on any atom is 0.247 e. The van der Waals surface area contributed by atoms with Crippen LogP contribution < -0.4 is 0 Å². The molecule has 21 heavy (non-hydrogen) atoms. The number of fused-ring (bicyclic) bond motifs is 1. The van der Waals surface area contributed by atoms with Gasteiger partial charge in [-0.25, -0.2) is 0 Å². The summed E-state index contributed by atoms with van der Waals surface area (Å²) in [5.41, 5.74) is 2.14. The fourth-order valence-electron chi connectivity index (χ4n) is 3.42. The highest BCUT2D eigenvalue weighted by molar-refractivity contribution is 5.95. The van der Waals surface area contributed by atoms with Gasteiger partial charge in [0.1, 0.15) is 0 Å². The number of amides is 1. The van der Waals surface area contributed by atoms with Crippen molar-refractivity contribution >= 4 is 11.5 Å². The molecular formula is C18H23NO2. The molecule has 0 bridgehead atoms. The highest BCUT2D eigenvalue weighted by atomic mass is 16.5. The van der Waals surface area contributed by atoms with Crippen molar-refractivity contribution in [1.82, 2.24) is 4.90 Å². The molecule has 2 atom stereocenters. The maximum absolute atomic E-state index is 12.7. The predicted molar refractivity (Wildman–Crippen MR) is 83.8 cm³/mol. The SMILES string of the molecule is C/C(=C/C(=O)N1CCCO[C@@H]2CCC[C@H]21)c1ccccc1. The first-order chi connectivity index (χ1) is 10.3. The highest BCUT2D eigenvalue weighted by Crippen LogP contribution is 2.29. The molecule has 2 aliphatic rings. The number of allylic oxidation sites excluding steroid dienone is 1. The second-order valence-electron chi connectivity index (χ2n) is 5.99. The van der Waals surface area contributed by atoms with Gasteiger partial charge in [-0.2, -0.15) is 0 Å². The Balaban J connectivity index is 1.77. The Morgan fingerprint density at radius 1 is 1.24 bits per heavy atom. The van der Waals surface area contributed by atoms with Gasteiger partial charge in [-0.1, -0.05) is 30.3 Å². The van der Waals surface area contributed by atoms with E-state index in [1.807, 2.05) is 42.2 Å². The standard InChI is InChI=1S/C18H23NO2/c1-14(15-7-3-2-4-8-15)13-18(20)19-11-6-12-21-17-10-5-9-16(17)19/h2-4,7-8,13,16-17H,5-6,9-12H2,1H3/b14-13-/t16-,17-/m1/s1. The van der Waals surface area contributed by atoms with Crippen LogP contribution in [0.5, 0.6) is 0 Å². The molecule has 1 amide bonds. The van der Waals surface area contributed by atoms with Crippen LogP contribution in [0.3, 0.4) is 0 Å². The molecule has 1 saturated heterocycles. The van der Waals surface area contributed by atoms with E-state index in [-0.39, 0.29) is 18.1 Å². The fourth-order valence-corrected chi connectivity index (χ4v) is 3.42. The van der Waals surface area contributed by atoms with E-state index in [2.05, 4.69) is 0 Å². The molecule has 3 heteroatoms. The number of benzene rings is 1. The summed E-state index contributed by atoms with van der Waals surface area (Å²) in [7, 11) is 0. The lowest BCUT2D eigenvalue weighted by Crippen LogP contribution is -2.43. The van der Waals surface area contributed by atoms with Gasteiger partial charge in [-0.15, -0.1) is 0 Å². The minimum absolute atomic E-state index is 0.138. The molecule has 112 valence electrons. The summed E-state index contributed by atoms with van der Waals surface area (Å²) >= 11 is 0. The van der Waals surface area contributed by atoms with Gasteiger partial charge in [0.2, 0.25) is 5.91 Å². The van der Waals surface area contributed by atoms with Crippen LogP contribution in [0, 0.1) is 0 Å². The molecule has 3 rings (SSSR count). The second kappa shape index (κ2) is 6.44. The normalized spacial score (nSPS) is 26.3. The molecule has 1 heterocycles. The zero-order valence-electron chi connectivity index (χ0n) is 12.6. The van der Waals surface area contributed by atoms with Crippen molar-refractivity contribution in [3.63, 3.8) is 0 Å². The van der Waals surface area contributed by atoms with Crippen molar-refractivity contribution in [3.05, 3.63) is 42.0 Å². The summed E-state index contributed by atoms with van der Waals surface area (Å²) < 4.78 is 5.88. The van der Waals surface area contributed by atoms with Gasteiger partial charge in [0.15, 0.2) is 0 Å². The molecule has 0 radical (unpaired) electrons. The smallest absolute Gasteiger partial charge is 0.247 e. The first kappa shape index (κ1) is 14.3. The molecule has 1 aromatic rings. The molecule has 1 aromatic carbocycles. The van der Waals surface area contributed by atoms with Crippen molar-refractivity contribution < 1.29 is 9.53 Å². The van der Waals surface area contributed by atoms with Gasteiger partial charge in [0.05, 0.1) is 12.1 Å². The van der Waals surface area contributed by atoms with Crippen molar-refractivity contribution in [1.29, 1.82) is 0 Å². The second-order valence-corrected chi connectivity index (χ2v) is 5.99. The Labute approximate surface area is 126 Å². The third-order valence-electron chi connectivity index (χ3n) is 4.55. The number of rotatable bonds is 2. The molecule has 0 unspecified atom stereocenters. The van der Waals surface area contributed by atoms with Gasteiger partial charge < -0.3 is 9.64 Å². The highest BCUT2D eigenvalue weighted by Gasteiger charge is 2.36. The molecule has 0 spiro atoms. The molecule has 1 aliphatic heterocycles. The van der Waals surface area contributed by atoms with Crippen LogP contribution in [0.15, 0.2) is 36.4 Å². The van der Waals surface area contributed by atoms with Crippen LogP contribution in [0.25, 0.3) is 5.57 Å². The Bertz CT molecular complexity index is 523. The number of hydrogen-bond acceptors (Lipinski definition) is 2. The molecule has 1 saturated carbocycles. The van der Waals surface area contributed by atoms with Gasteiger partial charge in [0.25, 0.3) is 0 Å². The maximum atomic E-state index is 12.7. The van der Waals surface area contributed by atoms with Crippen LogP contribution in [0.1, 0.15) is 38.2 Å². The molecule has 0 aromatic heterocycles. The van der Waals surface area contributed by atoms with Crippen molar-refractivity contribution in [2.24, 2.45) is 0 Å². The zero-order chi connectivity index (χ0) is 14.7. The van der Waals surface area contributed by atoms with Gasteiger partial charge in [0, 0.05) is 19.2 Å². The average molecular weight is 285 g/mol. The largest absolute Gasteiger partial charge is 0.376 e. The lowest BCUT2D eigenvalue weighted by Gasteiger charge is -2.29. The number of ether oxygens (including phenoxy) is 1. The van der Waals surface area contributed by atoms with Gasteiger partial charge in [-0.3, -0.25) is 4.79 Å². The first-order valence-corrected chi connectivity index (χ1v) is 7.91. The Morgan fingerprint density at radius 3 is 2.86 bits per heavy atom. The van der Waals surface area contributed by atoms with Gasteiger partial charge >= 0.3 is 0 Å². The van der Waals surface area contributed by atoms with E-state index in [1.54, 1.807) is 6.08 Å². The molecule has 1 aliphatic carbocycles. The summed E-state index contributed by atoms with van der Waals surface area (Å²) in [5.74, 6) is 0.138. The van der Waals surface area contributed by atoms with E-state index in [4.69, 9.17) is 4.74 Å². The molecular weight excluding hydrogens is 262 g/mol. The van der Waals surface area contributed by atoms with Crippen LogP contribution in [0.4, 0.5) is 0 Å². The lowest BCUT2D eigenvalue weighted by atomic mass is 10.1. The third-order valence-corrected chi connectivity index (χ3v) is 4.55. The first-order valence-electron chi connectivity index (χ1n) is 7.91. The average Bonchev–Trinajstić information content (AvgIpc) is 2.87. The fraction of sp³-hybridized carbons (Fsp3) is 0.500. The van der Waals surface area contributed by atoms with E-state index >= 15 is 0 Å². The number of carbonyl (C=O) groups excluding carboxylic acids is 1. The zero-order valence-corrected chi connectivity index (χ0v) is 12.6. The van der Waals surface area contributed by atoms with Gasteiger partial charge in [-0.05, 0) is 43.7 Å². The number of hydrogen-bond donors (Lipinski definition) is 0. The van der Waals surface area contributed by atoms with Crippen LogP contribution >= 0.6 is 0 Å². The predicted octanol–water partition coefficient (Wildman–Crippen LogP) is 3.26. The molecule has 3 nitrogen and oxygen atoms in total. The Hall–Kier alpha value is -1.61. The van der Waals surface area contributed by atoms with Crippen LogP contribution in [-0.4, -0.2) is 36.1 Å². The van der Waals surface area contributed by atoms with E-state index in [0.717, 1.165) is 43.6 Å². The molecule has 0 N–H and O–H groups in total. The van der Waals surface area contributed by atoms with E-state index in [0.29, 0.717) is 0 Å². The van der Waals surface area contributed by atoms with E-state index in [9.17, 15) is 4.79 Å². The Morgan fingerprint density at radius 2 is 2.05 bits per heavy atom. The quantitative estimate of drug-likeness (QED) is 0.781. The van der Waals surface area contributed by atoms with Crippen molar-refractivity contribution in [2.75, 3.05) is 13.2 Å². The summed E-state index contributed by atoms with van der Waals surface area (Å²) in [5, 5.41) is 0. The van der Waals surface area contributed by atoms with Crippen LogP contribution in [0.2, 0.25) is 0 Å². The Kier molecular flexibility index (Phi) is 4.39. The summed E-state index contributed by atoms with van der Waals surface area (Å²) in [6.07, 6.45) is 6.32. The van der Waals surface area contributed by atoms with Crippen molar-refractivity contribution in [2.45, 2.75) is 44.8 Å². The number of nitrogens with zero attached hydrogens (tertiary/aromatic N) is 1. The lowest BCUT2D eigenvalue weighted by molar-refractivity contribution is -0.129. The van der Waals surface area contributed by atoms with E-state index in [1.165, 1.54) is 6.42 Å². The summed E-state index contributed by atoms with van der Waals surface area (Å²) in [6, 6.07) is 10.4. The van der Waals surface area contributed by atoms with E-state index < -0.39 is 0 Å². The van der Waals surface area contributed by atoms with Crippen LogP contribution in [-0.2, 0) is 9.53 Å². The number of carbonyl (C=O) groups is 1. The summed E-state index contributed by atoms with van der Waals surface area (Å²) in [4.78, 5) is 14.7. The minimum Gasteiger partial charge on any atom is -0.376 e. The summed E-state index contributed by atoms with van der Waals surface area (Å²) in [6.45, 7) is 3.61. The third kappa shape index (κ3) is 3.18. The monoisotopic (exact) mass is 285 g/mol. The molecule has 2 fully saturated rings.